The maximum Gasteiger partial charge on any atom is 0.139 e. The van der Waals surface area contributed by atoms with Crippen LogP contribution in [-0.2, 0) is 0 Å². The molecule has 3 aromatic heterocycles. The van der Waals surface area contributed by atoms with Gasteiger partial charge in [-0.15, -0.1) is 11.3 Å². The van der Waals surface area contributed by atoms with Gasteiger partial charge in [0.25, 0.3) is 0 Å². The smallest absolute Gasteiger partial charge is 0.139 e. The second-order valence-electron chi connectivity index (χ2n) is 2.96. The van der Waals surface area contributed by atoms with Gasteiger partial charge in [0.05, 0.1) is 16.7 Å². The van der Waals surface area contributed by atoms with E-state index >= 15 is 0 Å². The van der Waals surface area contributed by atoms with Gasteiger partial charge in [-0.25, -0.2) is 4.98 Å². The highest BCUT2D eigenvalue weighted by atomic mass is 32.1. The largest absolute Gasteiger partial charge is 0.351 e. The molecule has 0 aromatic carbocycles. The summed E-state index contributed by atoms with van der Waals surface area (Å²) >= 11 is 1.62. The predicted molar refractivity (Wildman–Crippen MR) is 57.2 cm³/mol. The van der Waals surface area contributed by atoms with Crippen LogP contribution in [0.1, 0.15) is 0 Å². The lowest BCUT2D eigenvalue weighted by molar-refractivity contribution is 1.36. The highest BCUT2D eigenvalue weighted by Crippen LogP contribution is 2.23. The van der Waals surface area contributed by atoms with Crippen molar-refractivity contribution in [3.63, 3.8) is 0 Å². The van der Waals surface area contributed by atoms with Crippen LogP contribution in [0.3, 0.4) is 0 Å². The molecule has 0 atom stereocenters. The molecule has 0 aliphatic heterocycles. The van der Waals surface area contributed by atoms with E-state index in [4.69, 9.17) is 0 Å². The zero-order chi connectivity index (χ0) is 9.38. The van der Waals surface area contributed by atoms with Crippen LogP contribution in [-0.4, -0.2) is 15.0 Å². The first-order valence-corrected chi connectivity index (χ1v) is 5.15. The van der Waals surface area contributed by atoms with Crippen molar-refractivity contribution in [2.24, 2.45) is 0 Å². The first-order valence-electron chi connectivity index (χ1n) is 4.27. The molecule has 0 amide bonds. The molecule has 1 N–H and O–H groups in total. The number of nitrogens with one attached hydrogen (secondary N) is 1. The average molecular weight is 201 g/mol. The quantitative estimate of drug-likeness (QED) is 0.657. The molecule has 0 radical (unpaired) electrons. The molecule has 4 heteroatoms. The molecular formula is C10H7N3S. The number of H-pyrrole nitrogens is 1. The first kappa shape index (κ1) is 7.70. The molecule has 3 aromatic rings. The number of fused-ring (bicyclic) bond motifs is 1. The van der Waals surface area contributed by atoms with Gasteiger partial charge >= 0.3 is 0 Å². The number of hydrogen-bond acceptors (Lipinski definition) is 3. The minimum absolute atomic E-state index is 0.984. The SMILES string of the molecule is c1cnc2cc(-c3nccs3)[nH]c2c1. The summed E-state index contributed by atoms with van der Waals surface area (Å²) < 4.78 is 0. The number of aromatic amines is 1. The van der Waals surface area contributed by atoms with Crippen molar-refractivity contribution < 1.29 is 0 Å². The number of hydrogen-bond donors (Lipinski definition) is 1. The Kier molecular flexibility index (Phi) is 1.61. The Morgan fingerprint density at radius 1 is 1.21 bits per heavy atom. The Labute approximate surface area is 84.5 Å². The molecule has 3 nitrogen and oxygen atoms in total. The Balaban J connectivity index is 2.24. The minimum atomic E-state index is 0.984. The summed E-state index contributed by atoms with van der Waals surface area (Å²) in [5.74, 6) is 0. The van der Waals surface area contributed by atoms with Crippen molar-refractivity contribution in [1.82, 2.24) is 15.0 Å². The van der Waals surface area contributed by atoms with Crippen molar-refractivity contribution in [3.05, 3.63) is 36.0 Å². The molecule has 0 spiro atoms. The molecule has 0 bridgehead atoms. The van der Waals surface area contributed by atoms with Crippen LogP contribution < -0.4 is 0 Å². The van der Waals surface area contributed by atoms with Gasteiger partial charge in [-0.1, -0.05) is 0 Å². The van der Waals surface area contributed by atoms with Gasteiger partial charge in [-0.2, -0.15) is 0 Å². The highest BCUT2D eigenvalue weighted by molar-refractivity contribution is 7.13. The molecule has 14 heavy (non-hydrogen) atoms. The van der Waals surface area contributed by atoms with E-state index in [0.29, 0.717) is 0 Å². The normalized spacial score (nSPS) is 10.9. The lowest BCUT2D eigenvalue weighted by Gasteiger charge is -1.86. The van der Waals surface area contributed by atoms with E-state index in [9.17, 15) is 0 Å². The van der Waals surface area contributed by atoms with Crippen LogP contribution in [0, 0.1) is 0 Å². The molecule has 68 valence electrons. The van der Waals surface area contributed by atoms with E-state index in [2.05, 4.69) is 15.0 Å². The third kappa shape index (κ3) is 1.12. The molecule has 0 saturated heterocycles. The van der Waals surface area contributed by atoms with Gasteiger partial charge in [0.15, 0.2) is 0 Å². The number of pyridine rings is 1. The summed E-state index contributed by atoms with van der Waals surface area (Å²) in [6, 6.07) is 5.96. The molecule has 3 rings (SSSR count). The van der Waals surface area contributed by atoms with Gasteiger partial charge in [0.1, 0.15) is 5.01 Å². The average Bonchev–Trinajstić information content (AvgIpc) is 2.86. The molecular weight excluding hydrogens is 194 g/mol. The molecule has 0 unspecified atom stereocenters. The number of thiazole rings is 1. The fourth-order valence-corrected chi connectivity index (χ4v) is 2.04. The molecule has 0 aliphatic carbocycles. The van der Waals surface area contributed by atoms with Crippen molar-refractivity contribution in [2.45, 2.75) is 0 Å². The van der Waals surface area contributed by atoms with Gasteiger partial charge in [0, 0.05) is 17.8 Å². The number of aromatic nitrogens is 3. The number of nitrogens with zero attached hydrogens (tertiary/aromatic N) is 2. The Morgan fingerprint density at radius 2 is 2.21 bits per heavy atom. The standard InChI is InChI=1S/C10H7N3S/c1-2-7-8(11-3-1)6-9(13-7)10-12-4-5-14-10/h1-6,13H. The van der Waals surface area contributed by atoms with Crippen molar-refractivity contribution in [3.8, 4) is 10.7 Å². The van der Waals surface area contributed by atoms with Crippen molar-refractivity contribution in [2.75, 3.05) is 0 Å². The summed E-state index contributed by atoms with van der Waals surface area (Å²) in [5.41, 5.74) is 3.07. The summed E-state index contributed by atoms with van der Waals surface area (Å²) in [6.45, 7) is 0. The Hall–Kier alpha value is -1.68. The molecule has 0 fully saturated rings. The van der Waals surface area contributed by atoms with Gasteiger partial charge in [-0.3, -0.25) is 4.98 Å². The van der Waals surface area contributed by atoms with Crippen LogP contribution in [0.15, 0.2) is 36.0 Å². The summed E-state index contributed by atoms with van der Waals surface area (Å²) in [5, 5.41) is 2.97. The lowest BCUT2D eigenvalue weighted by Crippen LogP contribution is -1.72. The van der Waals surface area contributed by atoms with E-state index in [1.165, 1.54) is 0 Å². The summed E-state index contributed by atoms with van der Waals surface area (Å²) in [4.78, 5) is 11.8. The first-order chi connectivity index (χ1) is 6.93. The monoisotopic (exact) mass is 201 g/mol. The third-order valence-electron chi connectivity index (χ3n) is 2.05. The third-order valence-corrected chi connectivity index (χ3v) is 2.86. The molecule has 0 saturated carbocycles. The van der Waals surface area contributed by atoms with E-state index in [-0.39, 0.29) is 0 Å². The van der Waals surface area contributed by atoms with E-state index in [1.807, 2.05) is 23.6 Å². The van der Waals surface area contributed by atoms with Gasteiger partial charge in [-0.05, 0) is 18.2 Å². The fraction of sp³-hybridized carbons (Fsp3) is 0. The molecule has 3 heterocycles. The van der Waals surface area contributed by atoms with Crippen LogP contribution in [0.5, 0.6) is 0 Å². The topological polar surface area (TPSA) is 41.6 Å². The van der Waals surface area contributed by atoms with Crippen molar-refractivity contribution in [1.29, 1.82) is 0 Å². The van der Waals surface area contributed by atoms with Crippen LogP contribution in [0.2, 0.25) is 0 Å². The van der Waals surface area contributed by atoms with Crippen molar-refractivity contribution >= 4 is 22.4 Å². The molecule has 0 aliphatic rings. The predicted octanol–water partition coefficient (Wildman–Crippen LogP) is 2.69. The fourth-order valence-electron chi connectivity index (χ4n) is 1.43. The van der Waals surface area contributed by atoms with E-state index in [1.54, 1.807) is 23.7 Å². The van der Waals surface area contributed by atoms with Crippen LogP contribution in [0.25, 0.3) is 21.7 Å². The second-order valence-corrected chi connectivity index (χ2v) is 3.85. The highest BCUT2D eigenvalue weighted by Gasteiger charge is 2.04. The van der Waals surface area contributed by atoms with Gasteiger partial charge in [0.2, 0.25) is 0 Å². The maximum absolute atomic E-state index is 4.26. The Bertz CT molecular complexity index is 521. The van der Waals surface area contributed by atoms with Gasteiger partial charge < -0.3 is 4.98 Å². The number of rotatable bonds is 1. The zero-order valence-corrected chi connectivity index (χ0v) is 8.08. The van der Waals surface area contributed by atoms with E-state index in [0.717, 1.165) is 21.7 Å². The van der Waals surface area contributed by atoms with Crippen LogP contribution >= 0.6 is 11.3 Å². The zero-order valence-electron chi connectivity index (χ0n) is 7.27. The summed E-state index contributed by atoms with van der Waals surface area (Å²) in [6.07, 6.45) is 3.60. The second kappa shape index (κ2) is 2.92. The lowest BCUT2D eigenvalue weighted by atomic mass is 10.4. The minimum Gasteiger partial charge on any atom is -0.351 e. The van der Waals surface area contributed by atoms with Crippen LogP contribution in [0.4, 0.5) is 0 Å². The maximum atomic E-state index is 4.26. The summed E-state index contributed by atoms with van der Waals surface area (Å²) in [7, 11) is 0. The Morgan fingerprint density at radius 3 is 3.00 bits per heavy atom. The van der Waals surface area contributed by atoms with E-state index < -0.39 is 0 Å².